The van der Waals surface area contributed by atoms with Crippen LogP contribution in [0.2, 0.25) is 0 Å². The van der Waals surface area contributed by atoms with E-state index >= 15 is 0 Å². The molecule has 1 aromatic heterocycles. The molecule has 2 aliphatic carbocycles. The van der Waals surface area contributed by atoms with Gasteiger partial charge >= 0.3 is 0 Å². The highest BCUT2D eigenvalue weighted by atomic mass is 15.2. The SMILES string of the molecule is c1ccc(-c2cccc(N(c3ccccc3)c3cccc4c3[C@@]3(CC4)CCc4cccc(N(c5ccccc5)c5ccc6c7ccccc7n(-c7ccccc7)c6c5)c43)c2)cc1. The normalized spacial score (nSPS) is 15.2. The van der Waals surface area contributed by atoms with Crippen LogP contribution in [0.3, 0.4) is 0 Å². The summed E-state index contributed by atoms with van der Waals surface area (Å²) in [6.07, 6.45) is 4.22. The molecular weight excluding hydrogens is 751 g/mol. The summed E-state index contributed by atoms with van der Waals surface area (Å²) >= 11 is 0. The number of nitrogens with zero attached hydrogens (tertiary/aromatic N) is 3. The minimum absolute atomic E-state index is 0.183. The van der Waals surface area contributed by atoms with E-state index in [4.69, 9.17) is 0 Å². The van der Waals surface area contributed by atoms with Crippen molar-refractivity contribution in [3.63, 3.8) is 0 Å². The summed E-state index contributed by atoms with van der Waals surface area (Å²) in [6, 6.07) is 82.6. The van der Waals surface area contributed by atoms with Gasteiger partial charge in [0.15, 0.2) is 0 Å². The van der Waals surface area contributed by atoms with E-state index in [9.17, 15) is 0 Å². The summed E-state index contributed by atoms with van der Waals surface area (Å²) in [5, 5.41) is 2.51. The van der Waals surface area contributed by atoms with Gasteiger partial charge in [-0.05, 0) is 138 Å². The monoisotopic (exact) mass is 795 g/mol. The molecule has 0 saturated heterocycles. The average molecular weight is 796 g/mol. The predicted octanol–water partition coefficient (Wildman–Crippen LogP) is 15.6. The van der Waals surface area contributed by atoms with Crippen LogP contribution in [0.5, 0.6) is 0 Å². The summed E-state index contributed by atoms with van der Waals surface area (Å²) in [6.45, 7) is 0. The topological polar surface area (TPSA) is 11.4 Å². The number of aromatic nitrogens is 1. The number of para-hydroxylation sites is 4. The Morgan fingerprint density at radius 3 is 1.47 bits per heavy atom. The third kappa shape index (κ3) is 5.80. The summed E-state index contributed by atoms with van der Waals surface area (Å²) in [5.74, 6) is 0. The van der Waals surface area contributed by atoms with Crippen molar-refractivity contribution in [2.75, 3.05) is 9.80 Å². The summed E-state index contributed by atoms with van der Waals surface area (Å²) in [4.78, 5) is 5.06. The molecule has 0 unspecified atom stereocenters. The fourth-order valence-electron chi connectivity index (χ4n) is 10.9. The third-order valence-corrected chi connectivity index (χ3v) is 13.5. The second-order valence-electron chi connectivity index (χ2n) is 16.9. The van der Waals surface area contributed by atoms with Gasteiger partial charge in [-0.3, -0.25) is 0 Å². The maximum absolute atomic E-state index is 2.54. The van der Waals surface area contributed by atoms with Gasteiger partial charge in [-0.1, -0.05) is 146 Å². The smallest absolute Gasteiger partial charge is 0.0561 e. The maximum atomic E-state index is 2.54. The molecule has 0 fully saturated rings. The highest BCUT2D eigenvalue weighted by Crippen LogP contribution is 2.60. The second kappa shape index (κ2) is 14.8. The van der Waals surface area contributed by atoms with Crippen LogP contribution in [-0.4, -0.2) is 4.57 Å². The van der Waals surface area contributed by atoms with Gasteiger partial charge in [0.05, 0.1) is 22.4 Å². The van der Waals surface area contributed by atoms with Gasteiger partial charge in [0.25, 0.3) is 0 Å². The number of fused-ring (bicyclic) bond motifs is 7. The largest absolute Gasteiger partial charge is 0.310 e. The average Bonchev–Trinajstić information content (AvgIpc) is 4.02. The van der Waals surface area contributed by atoms with Crippen molar-refractivity contribution >= 4 is 55.9 Å². The Labute approximate surface area is 363 Å². The number of hydrogen-bond acceptors (Lipinski definition) is 2. The Bertz CT molecular complexity index is 3240. The number of hydrogen-bond donors (Lipinski definition) is 0. The first-order valence-electron chi connectivity index (χ1n) is 21.9. The molecule has 1 heterocycles. The molecule has 0 amide bonds. The zero-order valence-corrected chi connectivity index (χ0v) is 34.5. The lowest BCUT2D eigenvalue weighted by atomic mass is 9.74. The molecule has 1 spiro atoms. The first-order valence-corrected chi connectivity index (χ1v) is 21.9. The number of aryl methyl sites for hydroxylation is 2. The van der Waals surface area contributed by atoms with Gasteiger partial charge in [0.1, 0.15) is 0 Å². The first kappa shape index (κ1) is 36.2. The Kier molecular flexibility index (Phi) is 8.67. The predicted molar refractivity (Wildman–Crippen MR) is 259 cm³/mol. The zero-order valence-electron chi connectivity index (χ0n) is 34.5. The molecule has 0 bridgehead atoms. The van der Waals surface area contributed by atoms with Crippen LogP contribution in [0.25, 0.3) is 38.6 Å². The van der Waals surface area contributed by atoms with E-state index in [0.29, 0.717) is 0 Å². The quantitative estimate of drug-likeness (QED) is 0.152. The van der Waals surface area contributed by atoms with E-state index < -0.39 is 0 Å². The Hall–Kier alpha value is -7.62. The lowest BCUT2D eigenvalue weighted by Gasteiger charge is -2.37. The van der Waals surface area contributed by atoms with Crippen LogP contribution in [-0.2, 0) is 18.3 Å². The second-order valence-corrected chi connectivity index (χ2v) is 16.9. The molecule has 10 aromatic rings. The molecule has 2 aliphatic rings. The van der Waals surface area contributed by atoms with Crippen molar-refractivity contribution in [2.24, 2.45) is 0 Å². The van der Waals surface area contributed by atoms with E-state index in [1.807, 2.05) is 0 Å². The minimum Gasteiger partial charge on any atom is -0.310 e. The van der Waals surface area contributed by atoms with Crippen molar-refractivity contribution in [3.8, 4) is 16.8 Å². The highest BCUT2D eigenvalue weighted by Gasteiger charge is 2.49. The molecular formula is C59H45N3. The maximum Gasteiger partial charge on any atom is 0.0561 e. The molecule has 62 heavy (non-hydrogen) atoms. The van der Waals surface area contributed by atoms with Crippen molar-refractivity contribution in [2.45, 2.75) is 31.1 Å². The Balaban J connectivity index is 1.07. The Morgan fingerprint density at radius 1 is 0.355 bits per heavy atom. The lowest BCUT2D eigenvalue weighted by molar-refractivity contribution is 0.508. The molecule has 0 N–H and O–H groups in total. The zero-order chi connectivity index (χ0) is 41.0. The van der Waals surface area contributed by atoms with Crippen LogP contribution in [0.4, 0.5) is 34.1 Å². The van der Waals surface area contributed by atoms with Gasteiger partial charge in [0.2, 0.25) is 0 Å². The van der Waals surface area contributed by atoms with Gasteiger partial charge in [0, 0.05) is 44.6 Å². The third-order valence-electron chi connectivity index (χ3n) is 13.5. The molecule has 12 rings (SSSR count). The van der Waals surface area contributed by atoms with E-state index in [1.54, 1.807) is 0 Å². The number of anilines is 6. The van der Waals surface area contributed by atoms with Crippen molar-refractivity contribution in [1.82, 2.24) is 4.57 Å². The first-order chi connectivity index (χ1) is 30.7. The van der Waals surface area contributed by atoms with Gasteiger partial charge < -0.3 is 14.4 Å². The van der Waals surface area contributed by atoms with Crippen molar-refractivity contribution < 1.29 is 0 Å². The van der Waals surface area contributed by atoms with Crippen LogP contribution in [0.1, 0.15) is 35.1 Å². The summed E-state index contributed by atoms with van der Waals surface area (Å²) in [5.41, 5.74) is 18.8. The van der Waals surface area contributed by atoms with E-state index in [1.165, 1.54) is 66.6 Å². The number of rotatable bonds is 8. The number of benzene rings is 9. The van der Waals surface area contributed by atoms with Crippen molar-refractivity contribution in [3.05, 3.63) is 247 Å². The van der Waals surface area contributed by atoms with Gasteiger partial charge in [-0.15, -0.1) is 0 Å². The fraction of sp³-hybridized carbons (Fsp3) is 0.0847. The van der Waals surface area contributed by atoms with Crippen LogP contribution in [0.15, 0.2) is 224 Å². The van der Waals surface area contributed by atoms with Crippen LogP contribution in [0, 0.1) is 0 Å². The molecule has 0 aliphatic heterocycles. The molecule has 3 heteroatoms. The van der Waals surface area contributed by atoms with Crippen molar-refractivity contribution in [1.29, 1.82) is 0 Å². The molecule has 1 atom stereocenters. The molecule has 3 nitrogen and oxygen atoms in total. The van der Waals surface area contributed by atoms with E-state index in [2.05, 4.69) is 239 Å². The van der Waals surface area contributed by atoms with E-state index in [-0.39, 0.29) is 5.41 Å². The van der Waals surface area contributed by atoms with Crippen LogP contribution >= 0.6 is 0 Å². The highest BCUT2D eigenvalue weighted by molar-refractivity contribution is 6.10. The standard InChI is InChI=1S/C59H45N3/c1-5-18-42(19-6-1)45-22-15-29-49(40-45)60(46-23-7-2-8-24-46)54-32-16-20-43-36-38-59(57(43)54)39-37-44-21-17-33-55(58(44)59)61(47-25-9-3-10-26-47)50-34-35-52-51-30-13-14-31-53(51)62(56(52)41-50)48-27-11-4-12-28-48/h1-35,40-41H,36-39H2/t59-/m1/s1. The van der Waals surface area contributed by atoms with E-state index in [0.717, 1.165) is 54.1 Å². The lowest BCUT2D eigenvalue weighted by Crippen LogP contribution is -2.27. The van der Waals surface area contributed by atoms with Gasteiger partial charge in [-0.25, -0.2) is 0 Å². The molecule has 9 aromatic carbocycles. The fourth-order valence-corrected chi connectivity index (χ4v) is 10.9. The molecule has 0 saturated carbocycles. The van der Waals surface area contributed by atoms with Crippen LogP contribution < -0.4 is 9.80 Å². The summed E-state index contributed by atoms with van der Waals surface area (Å²) in [7, 11) is 0. The Morgan fingerprint density at radius 2 is 0.839 bits per heavy atom. The molecule has 0 radical (unpaired) electrons. The van der Waals surface area contributed by atoms with Gasteiger partial charge in [-0.2, -0.15) is 0 Å². The molecule has 296 valence electrons. The minimum atomic E-state index is -0.183. The summed E-state index contributed by atoms with van der Waals surface area (Å²) < 4.78 is 2.43.